The molecule has 4 rings (SSSR count). The van der Waals surface area contributed by atoms with Gasteiger partial charge in [-0.3, -0.25) is 0 Å². The van der Waals surface area contributed by atoms with Gasteiger partial charge in [0.25, 0.3) is 0 Å². The molecule has 3 heterocycles. The molecule has 1 N–H and O–H groups in total. The number of aromatic nitrogens is 2. The van der Waals surface area contributed by atoms with E-state index in [2.05, 4.69) is 56.3 Å². The van der Waals surface area contributed by atoms with Crippen molar-refractivity contribution in [1.82, 2.24) is 19.8 Å². The standard InChI is InChI=1S/C19H23N5OS/c25-18(23-11-13-24(14-12-23)19-21-8-15-26-19)20-7-3-9-22-10-6-16-4-1-2-5-17(16)22/h1-2,4-6,8,10,15H,3,7,9,11-14H2,(H,20,25). The summed E-state index contributed by atoms with van der Waals surface area (Å²) in [4.78, 5) is 20.8. The molecular formula is C19H23N5OS. The van der Waals surface area contributed by atoms with E-state index in [-0.39, 0.29) is 6.03 Å². The van der Waals surface area contributed by atoms with E-state index < -0.39 is 0 Å². The molecule has 1 saturated heterocycles. The lowest BCUT2D eigenvalue weighted by atomic mass is 10.2. The summed E-state index contributed by atoms with van der Waals surface area (Å²) in [6, 6.07) is 10.6. The van der Waals surface area contributed by atoms with Crippen molar-refractivity contribution < 1.29 is 4.79 Å². The number of hydrogen-bond donors (Lipinski definition) is 1. The maximum absolute atomic E-state index is 12.3. The first-order valence-electron chi connectivity index (χ1n) is 9.02. The topological polar surface area (TPSA) is 53.4 Å². The van der Waals surface area contributed by atoms with Crippen molar-refractivity contribution in [2.75, 3.05) is 37.6 Å². The number of rotatable bonds is 5. The number of thiazole rings is 1. The lowest BCUT2D eigenvalue weighted by Gasteiger charge is -2.34. The number of urea groups is 1. The van der Waals surface area contributed by atoms with Crippen LogP contribution < -0.4 is 10.2 Å². The molecule has 6 nitrogen and oxygen atoms in total. The number of aryl methyl sites for hydroxylation is 1. The van der Waals surface area contributed by atoms with E-state index >= 15 is 0 Å². The quantitative estimate of drug-likeness (QED) is 0.704. The summed E-state index contributed by atoms with van der Waals surface area (Å²) < 4.78 is 2.24. The van der Waals surface area contributed by atoms with Crippen LogP contribution in [-0.4, -0.2) is 53.2 Å². The molecule has 136 valence electrons. The normalized spacial score (nSPS) is 14.8. The number of amides is 2. The van der Waals surface area contributed by atoms with Gasteiger partial charge in [0.1, 0.15) is 0 Å². The molecule has 26 heavy (non-hydrogen) atoms. The van der Waals surface area contributed by atoms with Crippen molar-refractivity contribution in [2.45, 2.75) is 13.0 Å². The zero-order valence-electron chi connectivity index (χ0n) is 14.7. The Hall–Kier alpha value is -2.54. The average molecular weight is 369 g/mol. The van der Waals surface area contributed by atoms with Crippen molar-refractivity contribution in [3.63, 3.8) is 0 Å². The van der Waals surface area contributed by atoms with E-state index in [0.29, 0.717) is 6.54 Å². The minimum absolute atomic E-state index is 0.0427. The molecule has 0 saturated carbocycles. The molecule has 1 aliphatic rings. The lowest BCUT2D eigenvalue weighted by Crippen LogP contribution is -2.52. The Morgan fingerprint density at radius 1 is 1.15 bits per heavy atom. The molecule has 1 aromatic carbocycles. The summed E-state index contributed by atoms with van der Waals surface area (Å²) >= 11 is 1.65. The number of nitrogens with zero attached hydrogens (tertiary/aromatic N) is 4. The highest BCUT2D eigenvalue weighted by molar-refractivity contribution is 7.13. The van der Waals surface area contributed by atoms with Crippen molar-refractivity contribution in [3.05, 3.63) is 48.1 Å². The number of para-hydroxylation sites is 1. The second-order valence-electron chi connectivity index (χ2n) is 6.44. The number of fused-ring (bicyclic) bond motifs is 1. The molecule has 2 amide bonds. The van der Waals surface area contributed by atoms with Gasteiger partial charge in [-0.05, 0) is 23.9 Å². The van der Waals surface area contributed by atoms with Crippen LogP contribution in [0.4, 0.5) is 9.93 Å². The van der Waals surface area contributed by atoms with E-state index in [9.17, 15) is 4.79 Å². The molecule has 2 aromatic heterocycles. The van der Waals surface area contributed by atoms with E-state index in [4.69, 9.17) is 0 Å². The highest BCUT2D eigenvalue weighted by Crippen LogP contribution is 2.19. The van der Waals surface area contributed by atoms with E-state index in [0.717, 1.165) is 44.3 Å². The van der Waals surface area contributed by atoms with Gasteiger partial charge >= 0.3 is 6.03 Å². The van der Waals surface area contributed by atoms with E-state index in [1.165, 1.54) is 10.9 Å². The van der Waals surface area contributed by atoms with Gasteiger partial charge in [-0.1, -0.05) is 18.2 Å². The summed E-state index contributed by atoms with van der Waals surface area (Å²) in [5.41, 5.74) is 1.25. The van der Waals surface area contributed by atoms with Gasteiger partial charge in [0, 0.05) is 62.6 Å². The van der Waals surface area contributed by atoms with Gasteiger partial charge in [0.15, 0.2) is 5.13 Å². The van der Waals surface area contributed by atoms with Crippen molar-refractivity contribution in [1.29, 1.82) is 0 Å². The summed E-state index contributed by atoms with van der Waals surface area (Å²) in [6.45, 7) is 4.78. The van der Waals surface area contributed by atoms with Crippen LogP contribution in [0.3, 0.4) is 0 Å². The summed E-state index contributed by atoms with van der Waals surface area (Å²) in [6.07, 6.45) is 4.86. The van der Waals surface area contributed by atoms with Gasteiger partial charge in [0.05, 0.1) is 0 Å². The summed E-state index contributed by atoms with van der Waals surface area (Å²) in [5.74, 6) is 0. The van der Waals surface area contributed by atoms with Crippen LogP contribution in [0.1, 0.15) is 6.42 Å². The fourth-order valence-corrected chi connectivity index (χ4v) is 4.06. The largest absolute Gasteiger partial charge is 0.347 e. The van der Waals surface area contributed by atoms with Gasteiger partial charge < -0.3 is 19.7 Å². The summed E-state index contributed by atoms with van der Waals surface area (Å²) in [5, 5.41) is 7.35. The zero-order chi connectivity index (χ0) is 17.8. The number of benzene rings is 1. The second kappa shape index (κ2) is 7.78. The third kappa shape index (κ3) is 3.67. The molecule has 0 unspecified atom stereocenters. The first-order valence-corrected chi connectivity index (χ1v) is 9.90. The highest BCUT2D eigenvalue weighted by atomic mass is 32.1. The fraction of sp³-hybridized carbons (Fsp3) is 0.368. The Balaban J connectivity index is 1.20. The number of carbonyl (C=O) groups is 1. The van der Waals surface area contributed by atoms with Crippen molar-refractivity contribution in [2.24, 2.45) is 0 Å². The molecule has 1 aliphatic heterocycles. The van der Waals surface area contributed by atoms with Gasteiger partial charge in [-0.15, -0.1) is 11.3 Å². The first-order chi connectivity index (χ1) is 12.8. The van der Waals surface area contributed by atoms with Crippen LogP contribution in [0.5, 0.6) is 0 Å². The van der Waals surface area contributed by atoms with Crippen LogP contribution in [-0.2, 0) is 6.54 Å². The van der Waals surface area contributed by atoms with Gasteiger partial charge in [-0.25, -0.2) is 9.78 Å². The molecule has 0 radical (unpaired) electrons. The smallest absolute Gasteiger partial charge is 0.317 e. The van der Waals surface area contributed by atoms with E-state index in [1.54, 1.807) is 11.3 Å². The van der Waals surface area contributed by atoms with E-state index in [1.807, 2.05) is 16.5 Å². The van der Waals surface area contributed by atoms with Crippen LogP contribution in [0.2, 0.25) is 0 Å². The molecule has 0 atom stereocenters. The minimum Gasteiger partial charge on any atom is -0.347 e. The molecular weight excluding hydrogens is 346 g/mol. The second-order valence-corrected chi connectivity index (χ2v) is 7.32. The van der Waals surface area contributed by atoms with Crippen molar-refractivity contribution >= 4 is 33.4 Å². The van der Waals surface area contributed by atoms with Crippen LogP contribution in [0.15, 0.2) is 48.1 Å². The Kier molecular flexibility index (Phi) is 5.06. The molecule has 0 spiro atoms. The molecule has 3 aromatic rings. The Labute approximate surface area is 157 Å². The SMILES string of the molecule is O=C(NCCCn1ccc2ccccc21)N1CCN(c2nccs2)CC1. The number of nitrogens with one attached hydrogen (secondary N) is 1. The number of piperazine rings is 1. The van der Waals surface area contributed by atoms with Crippen LogP contribution in [0, 0.1) is 0 Å². The molecule has 0 bridgehead atoms. The Morgan fingerprint density at radius 3 is 2.81 bits per heavy atom. The minimum atomic E-state index is 0.0427. The van der Waals surface area contributed by atoms with Gasteiger partial charge in [-0.2, -0.15) is 0 Å². The number of hydrogen-bond acceptors (Lipinski definition) is 4. The van der Waals surface area contributed by atoms with Gasteiger partial charge in [0.2, 0.25) is 0 Å². The van der Waals surface area contributed by atoms with Crippen molar-refractivity contribution in [3.8, 4) is 0 Å². The predicted octanol–water partition coefficient (Wildman–Crippen LogP) is 3.02. The zero-order valence-corrected chi connectivity index (χ0v) is 15.5. The maximum atomic E-state index is 12.3. The fourth-order valence-electron chi connectivity index (χ4n) is 3.37. The van der Waals surface area contributed by atoms with Crippen LogP contribution >= 0.6 is 11.3 Å². The third-order valence-corrected chi connectivity index (χ3v) is 5.62. The molecule has 7 heteroatoms. The highest BCUT2D eigenvalue weighted by Gasteiger charge is 2.21. The lowest BCUT2D eigenvalue weighted by molar-refractivity contribution is 0.194. The third-order valence-electron chi connectivity index (χ3n) is 4.79. The maximum Gasteiger partial charge on any atom is 0.317 e. The Bertz CT molecular complexity index is 852. The predicted molar refractivity (Wildman–Crippen MR) is 106 cm³/mol. The average Bonchev–Trinajstić information content (AvgIpc) is 3.35. The monoisotopic (exact) mass is 369 g/mol. The molecule has 1 fully saturated rings. The summed E-state index contributed by atoms with van der Waals surface area (Å²) in [7, 11) is 0. The number of carbonyl (C=O) groups excluding carboxylic acids is 1. The number of anilines is 1. The Morgan fingerprint density at radius 2 is 2.00 bits per heavy atom. The molecule has 0 aliphatic carbocycles. The first kappa shape index (κ1) is 16.9. The van der Waals surface area contributed by atoms with Crippen LogP contribution in [0.25, 0.3) is 10.9 Å².